The van der Waals surface area contributed by atoms with E-state index in [9.17, 15) is 4.79 Å². The van der Waals surface area contributed by atoms with Gasteiger partial charge in [0.05, 0.1) is 17.3 Å². The van der Waals surface area contributed by atoms with Crippen LogP contribution in [0.3, 0.4) is 0 Å². The molecule has 0 saturated carbocycles. The maximum Gasteiger partial charge on any atom is 0.272 e. The number of rotatable bonds is 2. The molecule has 1 heterocycles. The van der Waals surface area contributed by atoms with Gasteiger partial charge in [-0.3, -0.25) is 4.79 Å². The molecule has 102 valence electrons. The number of nitrogens with one attached hydrogen (secondary N) is 2. The number of benzene rings is 1. The van der Waals surface area contributed by atoms with Gasteiger partial charge in [0, 0.05) is 11.8 Å². The lowest BCUT2D eigenvalue weighted by molar-refractivity contribution is 0.102. The summed E-state index contributed by atoms with van der Waals surface area (Å²) in [6.07, 6.45) is 1.56. The van der Waals surface area contributed by atoms with Gasteiger partial charge in [-0.05, 0) is 30.7 Å². The zero-order chi connectivity index (χ0) is 14.5. The van der Waals surface area contributed by atoms with Gasteiger partial charge in [0.15, 0.2) is 0 Å². The number of aryl methyl sites for hydroxylation is 1. The van der Waals surface area contributed by atoms with E-state index in [0.717, 1.165) is 11.1 Å². The van der Waals surface area contributed by atoms with Crippen LogP contribution in [0.2, 0.25) is 5.02 Å². The molecule has 20 heavy (non-hydrogen) atoms. The number of hydrogen-bond donors (Lipinski definition) is 3. The van der Waals surface area contributed by atoms with Gasteiger partial charge in [-0.25, -0.2) is 0 Å². The molecule has 0 bridgehead atoms. The Bertz CT molecular complexity index is 695. The quantitative estimate of drug-likeness (QED) is 0.743. The lowest BCUT2D eigenvalue weighted by Gasteiger charge is -2.07. The molecule has 1 amide bonds. The Morgan fingerprint density at radius 1 is 1.45 bits per heavy atom. The summed E-state index contributed by atoms with van der Waals surface area (Å²) in [5, 5.41) is 3.31. The average Bonchev–Trinajstić information content (AvgIpc) is 2.85. The van der Waals surface area contributed by atoms with Crippen molar-refractivity contribution in [2.24, 2.45) is 5.73 Å². The van der Waals surface area contributed by atoms with Crippen molar-refractivity contribution >= 4 is 23.2 Å². The van der Waals surface area contributed by atoms with Crippen LogP contribution in [0.15, 0.2) is 30.5 Å². The third-order valence-corrected chi connectivity index (χ3v) is 2.86. The van der Waals surface area contributed by atoms with Crippen molar-refractivity contribution in [3.8, 4) is 11.8 Å². The number of hydrogen-bond acceptors (Lipinski definition) is 2. The molecule has 0 fully saturated rings. The number of carbonyl (C=O) groups excluding carboxylic acids is 1. The van der Waals surface area contributed by atoms with E-state index < -0.39 is 0 Å². The maximum atomic E-state index is 12.1. The summed E-state index contributed by atoms with van der Waals surface area (Å²) in [4.78, 5) is 14.9. The lowest BCUT2D eigenvalue weighted by Crippen LogP contribution is -2.13. The van der Waals surface area contributed by atoms with Crippen molar-refractivity contribution in [2.45, 2.75) is 6.92 Å². The van der Waals surface area contributed by atoms with Gasteiger partial charge in [-0.15, -0.1) is 0 Å². The third kappa shape index (κ3) is 3.41. The molecule has 0 unspecified atom stereocenters. The predicted molar refractivity (Wildman–Crippen MR) is 80.9 cm³/mol. The van der Waals surface area contributed by atoms with Crippen LogP contribution in [-0.4, -0.2) is 17.4 Å². The van der Waals surface area contributed by atoms with Gasteiger partial charge in [0.1, 0.15) is 5.69 Å². The summed E-state index contributed by atoms with van der Waals surface area (Å²) in [6, 6.07) is 7.22. The van der Waals surface area contributed by atoms with Crippen LogP contribution < -0.4 is 11.1 Å². The monoisotopic (exact) mass is 287 g/mol. The van der Waals surface area contributed by atoms with E-state index in [4.69, 9.17) is 17.3 Å². The number of aromatic amines is 1. The van der Waals surface area contributed by atoms with Gasteiger partial charge in [0.25, 0.3) is 5.91 Å². The van der Waals surface area contributed by atoms with E-state index in [2.05, 4.69) is 22.1 Å². The van der Waals surface area contributed by atoms with Gasteiger partial charge in [-0.2, -0.15) is 0 Å². The first kappa shape index (κ1) is 14.2. The number of halogens is 1. The highest BCUT2D eigenvalue weighted by atomic mass is 35.5. The molecule has 0 radical (unpaired) electrons. The molecule has 0 spiro atoms. The molecule has 1 aromatic heterocycles. The smallest absolute Gasteiger partial charge is 0.272 e. The first-order valence-corrected chi connectivity index (χ1v) is 6.43. The highest BCUT2D eigenvalue weighted by Gasteiger charge is 2.10. The fourth-order valence-electron chi connectivity index (χ4n) is 1.71. The molecular formula is C15H14ClN3O. The molecule has 4 N–H and O–H groups in total. The van der Waals surface area contributed by atoms with E-state index in [1.165, 1.54) is 0 Å². The maximum absolute atomic E-state index is 12.1. The first-order chi connectivity index (χ1) is 9.60. The first-order valence-electron chi connectivity index (χ1n) is 6.05. The molecular weight excluding hydrogens is 274 g/mol. The molecule has 2 aromatic rings. The largest absolute Gasteiger partial charge is 0.356 e. The molecule has 0 aliphatic carbocycles. The second kappa shape index (κ2) is 6.29. The zero-order valence-electron chi connectivity index (χ0n) is 11.0. The van der Waals surface area contributed by atoms with E-state index >= 15 is 0 Å². The normalized spacial score (nSPS) is 9.75. The summed E-state index contributed by atoms with van der Waals surface area (Å²) in [5.41, 5.74) is 8.18. The van der Waals surface area contributed by atoms with E-state index in [1.807, 2.05) is 25.1 Å². The Morgan fingerprint density at radius 3 is 2.90 bits per heavy atom. The predicted octanol–water partition coefficient (Wildman–Crippen LogP) is 2.54. The average molecular weight is 288 g/mol. The molecule has 0 aliphatic rings. The molecule has 4 nitrogen and oxygen atoms in total. The van der Waals surface area contributed by atoms with Crippen molar-refractivity contribution in [1.29, 1.82) is 0 Å². The molecule has 2 rings (SSSR count). The van der Waals surface area contributed by atoms with E-state index in [-0.39, 0.29) is 12.5 Å². The molecule has 0 aliphatic heterocycles. The number of aromatic nitrogens is 1. The van der Waals surface area contributed by atoms with Crippen LogP contribution in [-0.2, 0) is 0 Å². The van der Waals surface area contributed by atoms with Gasteiger partial charge < -0.3 is 16.0 Å². The van der Waals surface area contributed by atoms with Crippen molar-refractivity contribution in [3.05, 3.63) is 52.3 Å². The van der Waals surface area contributed by atoms with Crippen LogP contribution in [0, 0.1) is 18.8 Å². The molecule has 0 atom stereocenters. The van der Waals surface area contributed by atoms with Crippen LogP contribution in [0.4, 0.5) is 5.69 Å². The van der Waals surface area contributed by atoms with Crippen molar-refractivity contribution in [3.63, 3.8) is 0 Å². The van der Waals surface area contributed by atoms with Crippen molar-refractivity contribution in [1.82, 2.24) is 4.98 Å². The minimum atomic E-state index is -0.265. The lowest BCUT2D eigenvalue weighted by atomic mass is 10.1. The Morgan fingerprint density at radius 2 is 2.25 bits per heavy atom. The second-order valence-corrected chi connectivity index (χ2v) is 4.68. The molecule has 0 saturated heterocycles. The van der Waals surface area contributed by atoms with E-state index in [1.54, 1.807) is 12.3 Å². The Hall–Kier alpha value is -2.22. The fourth-order valence-corrected chi connectivity index (χ4v) is 1.87. The number of nitrogens with two attached hydrogens (primary N) is 1. The fraction of sp³-hybridized carbons (Fsp3) is 0.133. The number of amides is 1. The summed E-state index contributed by atoms with van der Waals surface area (Å²) in [5.74, 6) is 5.45. The van der Waals surface area contributed by atoms with Crippen LogP contribution in [0.1, 0.15) is 21.6 Å². The molecule has 1 aromatic carbocycles. The van der Waals surface area contributed by atoms with Crippen molar-refractivity contribution < 1.29 is 4.79 Å². The van der Waals surface area contributed by atoms with Gasteiger partial charge in [-0.1, -0.05) is 29.5 Å². The Kier molecular flexibility index (Phi) is 4.46. The highest BCUT2D eigenvalue weighted by Crippen LogP contribution is 2.18. The number of carbonyl (C=O) groups is 1. The summed E-state index contributed by atoms with van der Waals surface area (Å²) >= 11 is 5.78. The third-order valence-electron chi connectivity index (χ3n) is 2.64. The van der Waals surface area contributed by atoms with Crippen molar-refractivity contribution in [2.75, 3.05) is 11.9 Å². The van der Waals surface area contributed by atoms with Gasteiger partial charge in [0.2, 0.25) is 0 Å². The Balaban J connectivity index is 2.28. The van der Waals surface area contributed by atoms with Gasteiger partial charge >= 0.3 is 0 Å². The standard InChI is InChI=1S/C15H14ClN3O/c1-10-4-5-11(3-2-6-17)13(7-10)19-15(20)14-8-12(16)9-18-14/h4-5,7-9,18H,6,17H2,1H3,(H,19,20). The van der Waals surface area contributed by atoms with Crippen LogP contribution in [0.5, 0.6) is 0 Å². The van der Waals surface area contributed by atoms with Crippen LogP contribution >= 0.6 is 11.6 Å². The SMILES string of the molecule is Cc1ccc(C#CCN)c(NC(=O)c2cc(Cl)c[nH]2)c1. The zero-order valence-corrected chi connectivity index (χ0v) is 11.7. The highest BCUT2D eigenvalue weighted by molar-refractivity contribution is 6.31. The Labute approximate surface area is 122 Å². The number of H-pyrrole nitrogens is 1. The summed E-state index contributed by atoms with van der Waals surface area (Å²) in [6.45, 7) is 2.22. The summed E-state index contributed by atoms with van der Waals surface area (Å²) < 4.78 is 0. The second-order valence-electron chi connectivity index (χ2n) is 4.24. The molecule has 5 heteroatoms. The van der Waals surface area contributed by atoms with Crippen LogP contribution in [0.25, 0.3) is 0 Å². The topological polar surface area (TPSA) is 70.9 Å². The summed E-state index contributed by atoms with van der Waals surface area (Å²) in [7, 11) is 0. The minimum Gasteiger partial charge on any atom is -0.356 e. The minimum absolute atomic E-state index is 0.265. The van der Waals surface area contributed by atoms with E-state index in [0.29, 0.717) is 16.4 Å². The number of anilines is 1.